The predicted molar refractivity (Wildman–Crippen MR) is 71.7 cm³/mol. The van der Waals surface area contributed by atoms with Crippen molar-refractivity contribution in [3.05, 3.63) is 0 Å². The van der Waals surface area contributed by atoms with Gasteiger partial charge in [-0.05, 0) is 68.6 Å². The zero-order chi connectivity index (χ0) is 12.8. The van der Waals surface area contributed by atoms with Gasteiger partial charge in [0.1, 0.15) is 0 Å². The molecule has 1 atom stereocenters. The van der Waals surface area contributed by atoms with E-state index < -0.39 is 0 Å². The molecule has 0 aromatic rings. The third kappa shape index (κ3) is 2.16. The highest BCUT2D eigenvalue weighted by Crippen LogP contribution is 2.61. The van der Waals surface area contributed by atoms with Crippen LogP contribution in [0.3, 0.4) is 0 Å². The first-order valence-electron chi connectivity index (χ1n) is 7.34. The molecule has 0 aliphatic heterocycles. The molecule has 0 aromatic carbocycles. The van der Waals surface area contributed by atoms with Crippen LogP contribution < -0.4 is 5.32 Å². The number of terminal acetylenes is 1. The van der Waals surface area contributed by atoms with Gasteiger partial charge in [0.05, 0.1) is 6.04 Å². The van der Waals surface area contributed by atoms with Crippen LogP contribution in [0.5, 0.6) is 0 Å². The average Bonchev–Trinajstić information content (AvgIpc) is 2.25. The van der Waals surface area contributed by atoms with Gasteiger partial charge >= 0.3 is 0 Å². The van der Waals surface area contributed by atoms with Gasteiger partial charge in [-0.2, -0.15) is 0 Å². The number of carbonyl (C=O) groups is 1. The fraction of sp³-hybridized carbons (Fsp3) is 0.812. The minimum absolute atomic E-state index is 0.133. The molecular weight excluding hydrogens is 222 g/mol. The molecule has 4 saturated carbocycles. The molecule has 1 amide bonds. The second-order valence-electron chi connectivity index (χ2n) is 7.05. The first-order chi connectivity index (χ1) is 8.58. The summed E-state index contributed by atoms with van der Waals surface area (Å²) in [6, 6.07) is -0.133. The van der Waals surface area contributed by atoms with Crippen molar-refractivity contribution in [3.8, 4) is 12.3 Å². The van der Waals surface area contributed by atoms with Gasteiger partial charge in [-0.15, -0.1) is 6.42 Å². The van der Waals surface area contributed by atoms with Crippen molar-refractivity contribution in [2.75, 3.05) is 0 Å². The Morgan fingerprint density at radius 1 is 1.28 bits per heavy atom. The molecule has 0 aromatic heterocycles. The maximum absolute atomic E-state index is 12.1. The van der Waals surface area contributed by atoms with Crippen LogP contribution in [0.15, 0.2) is 0 Å². The van der Waals surface area contributed by atoms with Crippen LogP contribution in [0.4, 0.5) is 0 Å². The van der Waals surface area contributed by atoms with Gasteiger partial charge < -0.3 is 5.32 Å². The molecule has 4 aliphatic rings. The third-order valence-electron chi connectivity index (χ3n) is 5.33. The van der Waals surface area contributed by atoms with Crippen molar-refractivity contribution in [1.82, 2.24) is 5.32 Å². The van der Waals surface area contributed by atoms with E-state index >= 15 is 0 Å². The van der Waals surface area contributed by atoms with E-state index in [1.807, 2.05) is 6.92 Å². The lowest BCUT2D eigenvalue weighted by molar-refractivity contribution is -0.129. The number of hydrogen-bond donors (Lipinski definition) is 1. The number of hydrogen-bond acceptors (Lipinski definition) is 1. The summed E-state index contributed by atoms with van der Waals surface area (Å²) in [7, 11) is 0. The van der Waals surface area contributed by atoms with E-state index in [1.165, 1.54) is 38.5 Å². The topological polar surface area (TPSA) is 29.1 Å². The maximum Gasteiger partial charge on any atom is 0.221 e. The lowest BCUT2D eigenvalue weighted by Crippen LogP contribution is -2.48. The summed E-state index contributed by atoms with van der Waals surface area (Å²) in [6.07, 6.45) is 14.2. The van der Waals surface area contributed by atoms with E-state index in [0.29, 0.717) is 11.8 Å². The number of rotatable bonds is 3. The predicted octanol–water partition coefficient (Wildman–Crippen LogP) is 2.73. The highest BCUT2D eigenvalue weighted by atomic mass is 16.1. The summed E-state index contributed by atoms with van der Waals surface area (Å²) in [6.45, 7) is 1.87. The fourth-order valence-corrected chi connectivity index (χ4v) is 5.18. The minimum atomic E-state index is -0.133. The van der Waals surface area contributed by atoms with Gasteiger partial charge in [0, 0.05) is 6.42 Å². The molecule has 0 spiro atoms. The van der Waals surface area contributed by atoms with E-state index in [1.54, 1.807) is 0 Å². The molecule has 0 radical (unpaired) electrons. The molecule has 18 heavy (non-hydrogen) atoms. The number of amides is 1. The highest BCUT2D eigenvalue weighted by molar-refractivity contribution is 5.77. The molecule has 4 fully saturated rings. The molecule has 2 nitrogen and oxygen atoms in total. The SMILES string of the molecule is C#CC(C)NC(=O)CC12CC3CC(CC(C3)C1)C2. The Labute approximate surface area is 110 Å². The van der Waals surface area contributed by atoms with E-state index in [2.05, 4.69) is 11.2 Å². The molecule has 1 unspecified atom stereocenters. The van der Waals surface area contributed by atoms with Crippen LogP contribution in [0.2, 0.25) is 0 Å². The fourth-order valence-electron chi connectivity index (χ4n) is 5.18. The maximum atomic E-state index is 12.1. The summed E-state index contributed by atoms with van der Waals surface area (Å²) in [5.41, 5.74) is 0.327. The molecule has 2 heteroatoms. The molecule has 0 heterocycles. The van der Waals surface area contributed by atoms with Gasteiger partial charge in [-0.1, -0.05) is 5.92 Å². The Hall–Kier alpha value is -0.970. The lowest BCUT2D eigenvalue weighted by atomic mass is 9.49. The molecule has 4 rings (SSSR count). The van der Waals surface area contributed by atoms with Crippen LogP contribution in [0, 0.1) is 35.5 Å². The Bertz CT molecular complexity index is 357. The van der Waals surface area contributed by atoms with Crippen molar-refractivity contribution in [3.63, 3.8) is 0 Å². The van der Waals surface area contributed by atoms with Crippen molar-refractivity contribution < 1.29 is 4.79 Å². The zero-order valence-electron chi connectivity index (χ0n) is 11.2. The minimum Gasteiger partial charge on any atom is -0.343 e. The normalized spacial score (nSPS) is 42.3. The zero-order valence-corrected chi connectivity index (χ0v) is 11.2. The standard InChI is InChI=1S/C16H23NO/c1-3-11(2)17-15(18)10-16-7-12-4-13(8-16)6-14(5-12)9-16/h1,11-14H,4-10H2,2H3,(H,17,18). The van der Waals surface area contributed by atoms with Crippen molar-refractivity contribution >= 4 is 5.91 Å². The Morgan fingerprint density at radius 3 is 2.22 bits per heavy atom. The van der Waals surface area contributed by atoms with Crippen molar-refractivity contribution in [2.24, 2.45) is 23.2 Å². The number of carbonyl (C=O) groups excluding carboxylic acids is 1. The van der Waals surface area contributed by atoms with Crippen LogP contribution in [-0.2, 0) is 4.79 Å². The van der Waals surface area contributed by atoms with Gasteiger partial charge in [-0.3, -0.25) is 4.79 Å². The summed E-state index contributed by atoms with van der Waals surface area (Å²) in [5.74, 6) is 5.47. The molecule has 1 N–H and O–H groups in total. The highest BCUT2D eigenvalue weighted by Gasteiger charge is 2.51. The van der Waals surface area contributed by atoms with E-state index in [9.17, 15) is 4.79 Å². The first kappa shape index (κ1) is 12.1. The van der Waals surface area contributed by atoms with Gasteiger partial charge in [0.2, 0.25) is 5.91 Å². The Balaban J connectivity index is 1.65. The van der Waals surface area contributed by atoms with Crippen LogP contribution in [0.1, 0.15) is 51.9 Å². The Morgan fingerprint density at radius 2 is 1.78 bits per heavy atom. The quantitative estimate of drug-likeness (QED) is 0.761. The van der Waals surface area contributed by atoms with Crippen LogP contribution in [-0.4, -0.2) is 11.9 Å². The van der Waals surface area contributed by atoms with Gasteiger partial charge in [-0.25, -0.2) is 0 Å². The molecule has 4 bridgehead atoms. The van der Waals surface area contributed by atoms with Crippen molar-refractivity contribution in [2.45, 2.75) is 57.9 Å². The van der Waals surface area contributed by atoms with Crippen LogP contribution >= 0.6 is 0 Å². The summed E-state index contributed by atoms with van der Waals surface area (Å²) < 4.78 is 0. The summed E-state index contributed by atoms with van der Waals surface area (Å²) >= 11 is 0. The van der Waals surface area contributed by atoms with E-state index in [0.717, 1.165) is 17.8 Å². The largest absolute Gasteiger partial charge is 0.343 e. The van der Waals surface area contributed by atoms with Gasteiger partial charge in [0.25, 0.3) is 0 Å². The smallest absolute Gasteiger partial charge is 0.221 e. The average molecular weight is 245 g/mol. The van der Waals surface area contributed by atoms with Gasteiger partial charge in [0.15, 0.2) is 0 Å². The second kappa shape index (κ2) is 4.30. The first-order valence-corrected chi connectivity index (χ1v) is 7.34. The second-order valence-corrected chi connectivity index (χ2v) is 7.05. The molecule has 0 saturated heterocycles. The monoisotopic (exact) mass is 245 g/mol. The van der Waals surface area contributed by atoms with E-state index in [4.69, 9.17) is 6.42 Å². The number of nitrogens with one attached hydrogen (secondary N) is 1. The summed E-state index contributed by atoms with van der Waals surface area (Å²) in [5, 5.41) is 2.93. The molecule has 98 valence electrons. The van der Waals surface area contributed by atoms with Crippen molar-refractivity contribution in [1.29, 1.82) is 0 Å². The third-order valence-corrected chi connectivity index (χ3v) is 5.33. The molecule has 4 aliphatic carbocycles. The Kier molecular flexibility index (Phi) is 2.88. The van der Waals surface area contributed by atoms with E-state index in [-0.39, 0.29) is 11.9 Å². The molecular formula is C16H23NO. The lowest BCUT2D eigenvalue weighted by Gasteiger charge is -2.56. The summed E-state index contributed by atoms with van der Waals surface area (Å²) in [4.78, 5) is 12.1. The van der Waals surface area contributed by atoms with Crippen LogP contribution in [0.25, 0.3) is 0 Å².